The van der Waals surface area contributed by atoms with Gasteiger partial charge in [0.05, 0.1) is 17.5 Å². The van der Waals surface area contributed by atoms with E-state index in [-0.39, 0.29) is 22.0 Å². The predicted octanol–water partition coefficient (Wildman–Crippen LogP) is 2.51. The molecule has 0 amide bonds. The summed E-state index contributed by atoms with van der Waals surface area (Å²) in [5, 5.41) is 18.6. The van der Waals surface area contributed by atoms with Crippen molar-refractivity contribution in [1.29, 1.82) is 0 Å². The number of phenols is 1. The van der Waals surface area contributed by atoms with Crippen molar-refractivity contribution in [3.8, 4) is 5.75 Å². The highest BCUT2D eigenvalue weighted by Gasteiger charge is 2.24. The highest BCUT2D eigenvalue weighted by molar-refractivity contribution is 6.04. The lowest BCUT2D eigenvalue weighted by Crippen LogP contribution is -2.14. The molecule has 0 bridgehead atoms. The van der Waals surface area contributed by atoms with Crippen LogP contribution in [0.25, 0.3) is 10.9 Å². The van der Waals surface area contributed by atoms with Gasteiger partial charge in [0, 0.05) is 23.5 Å². The Morgan fingerprint density at radius 3 is 2.67 bits per heavy atom. The number of aliphatic carboxylic acids is 1. The van der Waals surface area contributed by atoms with Gasteiger partial charge in [0.2, 0.25) is 0 Å². The summed E-state index contributed by atoms with van der Waals surface area (Å²) in [7, 11) is 0. The molecule has 2 heterocycles. The van der Waals surface area contributed by atoms with E-state index in [1.165, 1.54) is 23.0 Å². The van der Waals surface area contributed by atoms with Crippen molar-refractivity contribution in [3.63, 3.8) is 0 Å². The summed E-state index contributed by atoms with van der Waals surface area (Å²) < 4.78 is 15.6. The van der Waals surface area contributed by atoms with Crippen LogP contribution in [0, 0.1) is 12.7 Å². The molecule has 3 rings (SSSR count). The van der Waals surface area contributed by atoms with Crippen LogP contribution in [-0.4, -0.2) is 31.6 Å². The molecule has 0 saturated heterocycles. The largest absolute Gasteiger partial charge is 0.505 e. The second-order valence-electron chi connectivity index (χ2n) is 5.31. The van der Waals surface area contributed by atoms with Gasteiger partial charge in [0.1, 0.15) is 0 Å². The Bertz CT molecular complexity index is 964. The average Bonchev–Trinajstić information content (AvgIpc) is 2.83. The molecule has 7 heteroatoms. The second kappa shape index (κ2) is 5.77. The normalized spacial score (nSPS) is 10.9. The molecule has 0 radical (unpaired) electrons. The summed E-state index contributed by atoms with van der Waals surface area (Å²) in [4.78, 5) is 27.8. The molecule has 6 nitrogen and oxygen atoms in total. The summed E-state index contributed by atoms with van der Waals surface area (Å²) in [5.41, 5.74) is 0.953. The summed E-state index contributed by atoms with van der Waals surface area (Å²) in [5.74, 6) is -3.15. The van der Waals surface area contributed by atoms with Gasteiger partial charge in [-0.1, -0.05) is 0 Å². The van der Waals surface area contributed by atoms with Gasteiger partial charge in [-0.15, -0.1) is 0 Å². The molecule has 0 spiro atoms. The molecular weight excluding hydrogens is 315 g/mol. The Balaban J connectivity index is 2.33. The maximum absolute atomic E-state index is 14.4. The molecule has 0 atom stereocenters. The summed E-state index contributed by atoms with van der Waals surface area (Å²) >= 11 is 0. The van der Waals surface area contributed by atoms with Crippen LogP contribution in [0.4, 0.5) is 4.39 Å². The number of rotatable bonds is 3. The Kier molecular flexibility index (Phi) is 3.76. The van der Waals surface area contributed by atoms with E-state index >= 15 is 0 Å². The van der Waals surface area contributed by atoms with Gasteiger partial charge in [-0.2, -0.15) is 0 Å². The number of aromatic nitrogens is 2. The van der Waals surface area contributed by atoms with E-state index in [2.05, 4.69) is 4.98 Å². The van der Waals surface area contributed by atoms with E-state index in [0.717, 1.165) is 6.07 Å². The number of halogens is 1. The first kappa shape index (κ1) is 15.7. The highest BCUT2D eigenvalue weighted by atomic mass is 19.1. The van der Waals surface area contributed by atoms with Gasteiger partial charge >= 0.3 is 5.97 Å². The number of nitrogens with zero attached hydrogens (tertiary/aromatic N) is 2. The molecular formula is C17H13FN2O4. The predicted molar refractivity (Wildman–Crippen MR) is 83.6 cm³/mol. The van der Waals surface area contributed by atoms with E-state index in [1.807, 2.05) is 0 Å². The first-order valence-electron chi connectivity index (χ1n) is 7.09. The van der Waals surface area contributed by atoms with Crippen LogP contribution in [0.5, 0.6) is 5.75 Å². The molecule has 24 heavy (non-hydrogen) atoms. The second-order valence-corrected chi connectivity index (χ2v) is 5.31. The molecule has 1 aromatic carbocycles. The SMILES string of the molecule is Cc1c(CC(=O)O)c2c(F)c(O)ccc2n1C(=O)c1cccnc1. The van der Waals surface area contributed by atoms with Crippen molar-refractivity contribution in [3.05, 3.63) is 59.3 Å². The Labute approximate surface area is 135 Å². The molecule has 0 saturated carbocycles. The molecule has 122 valence electrons. The lowest BCUT2D eigenvalue weighted by atomic mass is 10.1. The number of carbonyl (C=O) groups is 2. The number of fused-ring (bicyclic) bond motifs is 1. The summed E-state index contributed by atoms with van der Waals surface area (Å²) in [6, 6.07) is 5.68. The van der Waals surface area contributed by atoms with E-state index in [1.54, 1.807) is 19.1 Å². The van der Waals surface area contributed by atoms with Crippen molar-refractivity contribution in [2.45, 2.75) is 13.3 Å². The first-order valence-corrected chi connectivity index (χ1v) is 7.09. The van der Waals surface area contributed by atoms with Gasteiger partial charge < -0.3 is 10.2 Å². The standard InChI is InChI=1S/C17H13FN2O4/c1-9-11(7-14(22)23)15-12(4-5-13(21)16(15)18)20(9)17(24)10-3-2-6-19-8-10/h2-6,8,21H,7H2,1H3,(H,22,23). The number of aromatic hydroxyl groups is 1. The van der Waals surface area contributed by atoms with E-state index in [4.69, 9.17) is 5.11 Å². The summed E-state index contributed by atoms with van der Waals surface area (Å²) in [6.07, 6.45) is 2.43. The Morgan fingerprint density at radius 1 is 1.29 bits per heavy atom. The van der Waals surface area contributed by atoms with Gasteiger partial charge in [0.25, 0.3) is 5.91 Å². The van der Waals surface area contributed by atoms with Crippen molar-refractivity contribution < 1.29 is 24.2 Å². The fourth-order valence-corrected chi connectivity index (χ4v) is 2.77. The number of benzene rings is 1. The molecule has 2 aromatic heterocycles. The van der Waals surface area contributed by atoms with Gasteiger partial charge in [-0.05, 0) is 36.8 Å². The van der Waals surface area contributed by atoms with Crippen molar-refractivity contribution in [1.82, 2.24) is 9.55 Å². The first-order chi connectivity index (χ1) is 11.4. The van der Waals surface area contributed by atoms with Crippen LogP contribution in [0.3, 0.4) is 0 Å². The number of phenolic OH excluding ortho intramolecular Hbond substituents is 1. The number of carbonyl (C=O) groups excluding carboxylic acids is 1. The number of hydrogen-bond acceptors (Lipinski definition) is 4. The quantitative estimate of drug-likeness (QED) is 0.770. The number of carboxylic acids is 1. The van der Waals surface area contributed by atoms with Crippen LogP contribution >= 0.6 is 0 Å². The third-order valence-corrected chi connectivity index (χ3v) is 3.85. The molecule has 0 aliphatic rings. The van der Waals surface area contributed by atoms with Crippen molar-refractivity contribution in [2.24, 2.45) is 0 Å². The topological polar surface area (TPSA) is 92.4 Å². The lowest BCUT2D eigenvalue weighted by Gasteiger charge is -2.07. The minimum Gasteiger partial charge on any atom is -0.505 e. The average molecular weight is 328 g/mol. The fraction of sp³-hybridized carbons (Fsp3) is 0.118. The number of hydrogen-bond donors (Lipinski definition) is 2. The monoisotopic (exact) mass is 328 g/mol. The lowest BCUT2D eigenvalue weighted by molar-refractivity contribution is -0.136. The molecule has 0 fully saturated rings. The zero-order valence-corrected chi connectivity index (χ0v) is 12.7. The third kappa shape index (κ3) is 2.40. The van der Waals surface area contributed by atoms with Gasteiger partial charge in [-0.25, -0.2) is 4.39 Å². The van der Waals surface area contributed by atoms with Crippen LogP contribution in [0.15, 0.2) is 36.7 Å². The molecule has 0 aliphatic heterocycles. The summed E-state index contributed by atoms with van der Waals surface area (Å²) in [6.45, 7) is 1.54. The van der Waals surface area contributed by atoms with Crippen LogP contribution in [0.2, 0.25) is 0 Å². The molecule has 3 aromatic rings. The maximum Gasteiger partial charge on any atom is 0.307 e. The van der Waals surface area contributed by atoms with E-state index in [0.29, 0.717) is 5.69 Å². The Hall–Kier alpha value is -3.22. The number of carboxylic acid groups (broad SMARTS) is 1. The Morgan fingerprint density at radius 2 is 2.04 bits per heavy atom. The molecule has 0 aliphatic carbocycles. The highest BCUT2D eigenvalue weighted by Crippen LogP contribution is 2.33. The molecule has 0 unspecified atom stereocenters. The fourth-order valence-electron chi connectivity index (χ4n) is 2.77. The number of pyridine rings is 1. The van der Waals surface area contributed by atoms with E-state index < -0.39 is 29.9 Å². The third-order valence-electron chi connectivity index (χ3n) is 3.85. The van der Waals surface area contributed by atoms with E-state index in [9.17, 15) is 19.1 Å². The minimum absolute atomic E-state index is 0.0628. The maximum atomic E-state index is 14.4. The van der Waals surface area contributed by atoms with Gasteiger partial charge in [0.15, 0.2) is 11.6 Å². The zero-order valence-electron chi connectivity index (χ0n) is 12.7. The van der Waals surface area contributed by atoms with Crippen LogP contribution in [0.1, 0.15) is 21.6 Å². The van der Waals surface area contributed by atoms with Crippen molar-refractivity contribution in [2.75, 3.05) is 0 Å². The van der Waals surface area contributed by atoms with Crippen LogP contribution in [-0.2, 0) is 11.2 Å². The molecule has 2 N–H and O–H groups in total. The minimum atomic E-state index is -1.16. The van der Waals surface area contributed by atoms with Crippen LogP contribution < -0.4 is 0 Å². The zero-order chi connectivity index (χ0) is 17.4. The van der Waals surface area contributed by atoms with Gasteiger partial charge in [-0.3, -0.25) is 19.1 Å². The smallest absolute Gasteiger partial charge is 0.307 e. The van der Waals surface area contributed by atoms with Crippen molar-refractivity contribution >= 4 is 22.8 Å².